The highest BCUT2D eigenvalue weighted by Gasteiger charge is 1.97. The maximum atomic E-state index is 9.01. The number of aromatic hydroxyl groups is 1. The Hall–Kier alpha value is -0.730. The van der Waals surface area contributed by atoms with Crippen LogP contribution in [-0.2, 0) is 0 Å². The minimum Gasteiger partial charge on any atom is -0.508 e. The summed E-state index contributed by atoms with van der Waals surface area (Å²) in [6.07, 6.45) is 0. The second kappa shape index (κ2) is 4.21. The van der Waals surface area contributed by atoms with E-state index in [9.17, 15) is 0 Å². The summed E-state index contributed by atoms with van der Waals surface area (Å²) in [6, 6.07) is 6.97. The summed E-state index contributed by atoms with van der Waals surface area (Å²) in [4.78, 5) is 0. The maximum absolute atomic E-state index is 9.01. The first-order valence-corrected chi connectivity index (χ1v) is 3.24. The second-order valence-electron chi connectivity index (χ2n) is 2.38. The molecule has 1 rings (SSSR count). The van der Waals surface area contributed by atoms with Gasteiger partial charge in [0, 0.05) is 6.04 Å². The van der Waals surface area contributed by atoms with Crippen molar-refractivity contribution in [2.45, 2.75) is 13.0 Å². The molecule has 3 N–H and O–H groups in total. The van der Waals surface area contributed by atoms with Crippen molar-refractivity contribution in [1.29, 1.82) is 0 Å². The third-order valence-corrected chi connectivity index (χ3v) is 1.40. The predicted molar refractivity (Wildman–Crippen MR) is 48.0 cm³/mol. The number of hydrogen-bond donors (Lipinski definition) is 2. The molecule has 0 amide bonds. The molecule has 1 atom stereocenters. The van der Waals surface area contributed by atoms with Crippen LogP contribution in [0.15, 0.2) is 24.3 Å². The average Bonchev–Trinajstić information content (AvgIpc) is 1.88. The molecule has 2 nitrogen and oxygen atoms in total. The molecule has 0 bridgehead atoms. The van der Waals surface area contributed by atoms with Gasteiger partial charge in [-0.05, 0) is 24.6 Å². The molecule has 0 unspecified atom stereocenters. The van der Waals surface area contributed by atoms with Crippen LogP contribution in [-0.4, -0.2) is 5.11 Å². The van der Waals surface area contributed by atoms with Gasteiger partial charge in [-0.3, -0.25) is 0 Å². The zero-order chi connectivity index (χ0) is 7.56. The van der Waals surface area contributed by atoms with Crippen molar-refractivity contribution in [2.75, 3.05) is 0 Å². The first-order chi connectivity index (χ1) is 4.70. The zero-order valence-electron chi connectivity index (χ0n) is 6.32. The number of phenolic OH excluding ortho intramolecular Hbond substituents is 1. The second-order valence-corrected chi connectivity index (χ2v) is 2.38. The minimum absolute atomic E-state index is 0. The van der Waals surface area contributed by atoms with Gasteiger partial charge >= 0.3 is 0 Å². The van der Waals surface area contributed by atoms with Gasteiger partial charge < -0.3 is 10.8 Å². The highest BCUT2D eigenvalue weighted by atomic mass is 35.5. The highest BCUT2D eigenvalue weighted by Crippen LogP contribution is 2.15. The normalized spacial score (nSPS) is 11.8. The summed E-state index contributed by atoms with van der Waals surface area (Å²) >= 11 is 0. The van der Waals surface area contributed by atoms with Gasteiger partial charge in [-0.2, -0.15) is 0 Å². The fourth-order valence-corrected chi connectivity index (χ4v) is 0.808. The van der Waals surface area contributed by atoms with Crippen LogP contribution in [0.25, 0.3) is 0 Å². The van der Waals surface area contributed by atoms with Crippen LogP contribution in [0.2, 0.25) is 0 Å². The Morgan fingerprint density at radius 2 is 2.09 bits per heavy atom. The highest BCUT2D eigenvalue weighted by molar-refractivity contribution is 5.85. The predicted octanol–water partition coefficient (Wildman–Crippen LogP) is 1.83. The average molecular weight is 174 g/mol. The molecule has 0 aliphatic heterocycles. The van der Waals surface area contributed by atoms with E-state index in [1.807, 2.05) is 13.0 Å². The van der Waals surface area contributed by atoms with E-state index < -0.39 is 0 Å². The van der Waals surface area contributed by atoms with E-state index in [4.69, 9.17) is 10.8 Å². The lowest BCUT2D eigenvalue weighted by atomic mass is 10.1. The largest absolute Gasteiger partial charge is 0.508 e. The lowest BCUT2D eigenvalue weighted by Gasteiger charge is -2.03. The van der Waals surface area contributed by atoms with E-state index in [-0.39, 0.29) is 24.2 Å². The van der Waals surface area contributed by atoms with Crippen molar-refractivity contribution in [3.63, 3.8) is 0 Å². The van der Waals surface area contributed by atoms with E-state index in [1.54, 1.807) is 18.2 Å². The maximum Gasteiger partial charge on any atom is 0.115 e. The fourth-order valence-electron chi connectivity index (χ4n) is 0.808. The van der Waals surface area contributed by atoms with E-state index in [0.29, 0.717) is 0 Å². The molecule has 0 radical (unpaired) electrons. The summed E-state index contributed by atoms with van der Waals surface area (Å²) in [6.45, 7) is 1.88. The first-order valence-electron chi connectivity index (χ1n) is 3.24. The number of benzene rings is 1. The molecule has 1 aromatic carbocycles. The summed E-state index contributed by atoms with van der Waals surface area (Å²) in [7, 11) is 0. The Kier molecular flexibility index (Phi) is 3.93. The molecule has 62 valence electrons. The summed E-state index contributed by atoms with van der Waals surface area (Å²) in [5.74, 6) is 0.273. The molecule has 0 aliphatic rings. The minimum atomic E-state index is -0.00731. The summed E-state index contributed by atoms with van der Waals surface area (Å²) < 4.78 is 0. The number of nitrogens with two attached hydrogens (primary N) is 1. The monoisotopic (exact) mass is 173 g/mol. The Balaban J connectivity index is 0.000001000. The Bertz CT molecular complexity index is 225. The van der Waals surface area contributed by atoms with Crippen LogP contribution in [0, 0.1) is 0 Å². The van der Waals surface area contributed by atoms with Gasteiger partial charge in [0.1, 0.15) is 5.75 Å². The van der Waals surface area contributed by atoms with Crippen LogP contribution in [0.5, 0.6) is 5.75 Å². The molecule has 0 aliphatic carbocycles. The molecular weight excluding hydrogens is 162 g/mol. The van der Waals surface area contributed by atoms with Crippen molar-refractivity contribution >= 4 is 12.4 Å². The number of hydrogen-bond acceptors (Lipinski definition) is 2. The molecule has 0 aromatic heterocycles. The van der Waals surface area contributed by atoms with Crippen LogP contribution in [0.4, 0.5) is 0 Å². The quantitative estimate of drug-likeness (QED) is 0.681. The zero-order valence-corrected chi connectivity index (χ0v) is 7.14. The van der Waals surface area contributed by atoms with Crippen LogP contribution >= 0.6 is 12.4 Å². The molecule has 0 fully saturated rings. The molecule has 0 saturated carbocycles. The smallest absolute Gasteiger partial charge is 0.115 e. The van der Waals surface area contributed by atoms with Gasteiger partial charge in [-0.1, -0.05) is 12.1 Å². The number of halogens is 1. The molecule has 0 spiro atoms. The number of rotatable bonds is 1. The van der Waals surface area contributed by atoms with Gasteiger partial charge in [0.15, 0.2) is 0 Å². The fraction of sp³-hybridized carbons (Fsp3) is 0.250. The van der Waals surface area contributed by atoms with Gasteiger partial charge in [0.2, 0.25) is 0 Å². The number of phenols is 1. The van der Waals surface area contributed by atoms with Crippen molar-refractivity contribution < 1.29 is 5.11 Å². The lowest BCUT2D eigenvalue weighted by Crippen LogP contribution is -2.03. The third kappa shape index (κ3) is 2.78. The van der Waals surface area contributed by atoms with E-state index in [1.165, 1.54) is 0 Å². The molecule has 11 heavy (non-hydrogen) atoms. The van der Waals surface area contributed by atoms with Crippen LogP contribution in [0.1, 0.15) is 18.5 Å². The summed E-state index contributed by atoms with van der Waals surface area (Å²) in [5, 5.41) is 9.01. The lowest BCUT2D eigenvalue weighted by molar-refractivity contribution is 0.474. The van der Waals surface area contributed by atoms with Gasteiger partial charge in [-0.15, -0.1) is 12.4 Å². The Morgan fingerprint density at radius 1 is 1.45 bits per heavy atom. The first kappa shape index (κ1) is 10.3. The molecule has 1 aromatic rings. The SMILES string of the molecule is C[C@H](N)c1cccc(O)c1.Cl. The molecule has 0 saturated heterocycles. The third-order valence-electron chi connectivity index (χ3n) is 1.40. The topological polar surface area (TPSA) is 46.2 Å². The van der Waals surface area contributed by atoms with Gasteiger partial charge in [0.05, 0.1) is 0 Å². The van der Waals surface area contributed by atoms with Crippen molar-refractivity contribution in [1.82, 2.24) is 0 Å². The van der Waals surface area contributed by atoms with Crippen LogP contribution in [0.3, 0.4) is 0 Å². The molecule has 0 heterocycles. The van der Waals surface area contributed by atoms with Crippen LogP contribution < -0.4 is 5.73 Å². The molecular formula is C8H12ClNO. The van der Waals surface area contributed by atoms with E-state index in [2.05, 4.69) is 0 Å². The van der Waals surface area contributed by atoms with Crippen molar-refractivity contribution in [2.24, 2.45) is 5.73 Å². The van der Waals surface area contributed by atoms with Crippen molar-refractivity contribution in [3.05, 3.63) is 29.8 Å². The molecule has 3 heteroatoms. The summed E-state index contributed by atoms with van der Waals surface area (Å²) in [5.41, 5.74) is 6.53. The van der Waals surface area contributed by atoms with Gasteiger partial charge in [0.25, 0.3) is 0 Å². The van der Waals surface area contributed by atoms with E-state index >= 15 is 0 Å². The van der Waals surface area contributed by atoms with E-state index in [0.717, 1.165) is 5.56 Å². The standard InChI is InChI=1S/C8H11NO.ClH/c1-6(9)7-3-2-4-8(10)5-7;/h2-6,10H,9H2,1H3;1H/t6-;/m0./s1. The Labute approximate surface area is 72.4 Å². The Morgan fingerprint density at radius 3 is 2.45 bits per heavy atom. The van der Waals surface area contributed by atoms with Crippen molar-refractivity contribution in [3.8, 4) is 5.75 Å². The van der Waals surface area contributed by atoms with Gasteiger partial charge in [-0.25, -0.2) is 0 Å².